The molecule has 1 saturated carbocycles. The molecule has 188 valence electrons. The Kier molecular flexibility index (Phi) is 5.81. The van der Waals surface area contributed by atoms with Gasteiger partial charge in [0.2, 0.25) is 0 Å². The van der Waals surface area contributed by atoms with E-state index in [0.717, 1.165) is 23.4 Å². The number of pyridine rings is 1. The van der Waals surface area contributed by atoms with Crippen LogP contribution < -0.4 is 10.6 Å². The van der Waals surface area contributed by atoms with E-state index in [9.17, 15) is 9.18 Å². The summed E-state index contributed by atoms with van der Waals surface area (Å²) in [6.07, 6.45) is 6.17. The van der Waals surface area contributed by atoms with Crippen molar-refractivity contribution in [1.82, 2.24) is 29.5 Å². The molecule has 10 nitrogen and oxygen atoms in total. The fourth-order valence-electron chi connectivity index (χ4n) is 5.08. The van der Waals surface area contributed by atoms with E-state index in [1.807, 2.05) is 24.4 Å². The Morgan fingerprint density at radius 1 is 1.25 bits per heavy atom. The van der Waals surface area contributed by atoms with Crippen LogP contribution in [0.4, 0.5) is 10.2 Å². The molecule has 0 bridgehead atoms. The van der Waals surface area contributed by atoms with Gasteiger partial charge in [0.15, 0.2) is 5.65 Å². The number of ether oxygens (including phenoxy) is 2. The molecule has 5 heterocycles. The molecular formula is C25H28FN7O3. The maximum atomic E-state index is 13.7. The molecular weight excluding hydrogens is 465 g/mol. The number of nitrogens with one attached hydrogen (secondary N) is 2. The summed E-state index contributed by atoms with van der Waals surface area (Å²) < 4.78 is 28.8. The Bertz CT molecular complexity index is 1390. The van der Waals surface area contributed by atoms with Crippen LogP contribution in [-0.2, 0) is 9.47 Å². The SMILES string of the molecule is CNc1cc(-c2cnc3n([C@@H]4CCOC[C@H]4OC)cccc2-3)nc2c(C(=O)N[C@H]3CC[C@H]3F)cnn12. The number of hydrogen-bond acceptors (Lipinski definition) is 7. The van der Waals surface area contributed by atoms with Crippen molar-refractivity contribution in [2.45, 2.75) is 43.6 Å². The molecule has 11 heteroatoms. The highest BCUT2D eigenvalue weighted by atomic mass is 19.1. The molecule has 4 atom stereocenters. The lowest BCUT2D eigenvalue weighted by molar-refractivity contribution is -0.0600. The van der Waals surface area contributed by atoms with Crippen molar-refractivity contribution in [2.24, 2.45) is 0 Å². The van der Waals surface area contributed by atoms with Crippen molar-refractivity contribution in [3.05, 3.63) is 42.4 Å². The van der Waals surface area contributed by atoms with Gasteiger partial charge >= 0.3 is 0 Å². The third-order valence-corrected chi connectivity index (χ3v) is 7.29. The number of amides is 1. The number of carbonyl (C=O) groups excluding carboxylic acids is 1. The summed E-state index contributed by atoms with van der Waals surface area (Å²) >= 11 is 0. The molecule has 2 aromatic heterocycles. The number of alkyl halides is 1. The minimum Gasteiger partial charge on any atom is -0.379 e. The van der Waals surface area contributed by atoms with Gasteiger partial charge in [-0.25, -0.2) is 14.4 Å². The summed E-state index contributed by atoms with van der Waals surface area (Å²) in [7, 11) is 3.49. The standard InChI is InChI=1S/C25H28FN7O3/c1-27-22-10-19(30-24-16(12-29-33(22)24)25(34)31-18-6-5-17(18)26)15-11-28-23-14(15)4-3-8-32(23)20-7-9-36-13-21(20)35-2/h3-4,8,10-12,17-18,20-21,27H,5-7,9,13H2,1-2H3,(H,31,34)/t17-,18+,20-,21-/m1/s1. The summed E-state index contributed by atoms with van der Waals surface area (Å²) in [4.78, 5) is 22.5. The number of aromatic nitrogens is 5. The number of hydrogen-bond donors (Lipinski definition) is 2. The van der Waals surface area contributed by atoms with Gasteiger partial charge in [0.25, 0.3) is 5.91 Å². The summed E-state index contributed by atoms with van der Waals surface area (Å²) in [6.45, 7) is 1.21. The Balaban J connectivity index is 1.39. The van der Waals surface area contributed by atoms with Crippen LogP contribution in [0.1, 0.15) is 35.7 Å². The lowest BCUT2D eigenvalue weighted by Crippen LogP contribution is -2.48. The van der Waals surface area contributed by atoms with Gasteiger partial charge in [0, 0.05) is 50.4 Å². The summed E-state index contributed by atoms with van der Waals surface area (Å²) in [5, 5.41) is 10.3. The number of nitrogens with zero attached hydrogens (tertiary/aromatic N) is 5. The van der Waals surface area contributed by atoms with Crippen LogP contribution in [0.25, 0.3) is 28.3 Å². The van der Waals surface area contributed by atoms with Crippen molar-refractivity contribution >= 4 is 17.4 Å². The minimum atomic E-state index is -1.01. The van der Waals surface area contributed by atoms with Crippen LogP contribution in [0.15, 0.2) is 36.8 Å². The number of carbonyl (C=O) groups is 1. The van der Waals surface area contributed by atoms with Crippen LogP contribution in [0.5, 0.6) is 0 Å². The molecule has 0 radical (unpaired) electrons. The Hall–Kier alpha value is -3.57. The Morgan fingerprint density at radius 3 is 2.89 bits per heavy atom. The van der Waals surface area contributed by atoms with Crippen molar-refractivity contribution in [3.63, 3.8) is 0 Å². The molecule has 2 N–H and O–H groups in total. The maximum Gasteiger partial charge on any atom is 0.257 e. The summed E-state index contributed by atoms with van der Waals surface area (Å²) in [6, 6.07) is 5.54. The minimum absolute atomic E-state index is 0.0627. The highest BCUT2D eigenvalue weighted by molar-refractivity contribution is 6.00. The zero-order chi connectivity index (χ0) is 24.8. The van der Waals surface area contributed by atoms with E-state index < -0.39 is 12.2 Å². The fraction of sp³-hybridized carbons (Fsp3) is 0.440. The van der Waals surface area contributed by atoms with Gasteiger partial charge in [-0.05, 0) is 31.4 Å². The van der Waals surface area contributed by atoms with E-state index in [1.165, 1.54) is 6.20 Å². The first-order valence-electron chi connectivity index (χ1n) is 12.2. The first kappa shape index (κ1) is 22.9. The largest absolute Gasteiger partial charge is 0.379 e. The van der Waals surface area contributed by atoms with Gasteiger partial charge in [-0.3, -0.25) is 4.79 Å². The van der Waals surface area contributed by atoms with Crippen molar-refractivity contribution in [3.8, 4) is 22.6 Å². The summed E-state index contributed by atoms with van der Waals surface area (Å²) in [5.74, 6) is 1.13. The lowest BCUT2D eigenvalue weighted by atomic mass is 9.90. The lowest BCUT2D eigenvalue weighted by Gasteiger charge is -2.33. The quantitative estimate of drug-likeness (QED) is 0.425. The molecule has 0 aromatic carbocycles. The van der Waals surface area contributed by atoms with E-state index in [4.69, 9.17) is 19.4 Å². The van der Waals surface area contributed by atoms with Gasteiger partial charge in [-0.1, -0.05) is 0 Å². The molecule has 1 saturated heterocycles. The molecule has 4 aliphatic rings. The predicted octanol–water partition coefficient (Wildman–Crippen LogP) is 2.95. The maximum absolute atomic E-state index is 13.7. The highest BCUT2D eigenvalue weighted by Crippen LogP contribution is 2.37. The van der Waals surface area contributed by atoms with E-state index in [0.29, 0.717) is 48.8 Å². The number of methoxy groups -OCH3 is 1. The Labute approximate surface area is 207 Å². The van der Waals surface area contributed by atoms with Gasteiger partial charge in [-0.15, -0.1) is 0 Å². The topological polar surface area (TPSA) is 108 Å². The fourth-order valence-corrected chi connectivity index (χ4v) is 5.08. The molecule has 0 spiro atoms. The van der Waals surface area contributed by atoms with Gasteiger partial charge in [-0.2, -0.15) is 9.61 Å². The van der Waals surface area contributed by atoms with E-state index >= 15 is 0 Å². The normalized spacial score (nSPS) is 24.1. The molecule has 1 aliphatic carbocycles. The molecule has 0 unspecified atom stereocenters. The number of rotatable bonds is 6. The second-order valence-corrected chi connectivity index (χ2v) is 9.27. The zero-order valence-corrected chi connectivity index (χ0v) is 20.1. The molecule has 1 amide bonds. The van der Waals surface area contributed by atoms with Crippen LogP contribution in [0.3, 0.4) is 0 Å². The van der Waals surface area contributed by atoms with Crippen molar-refractivity contribution < 1.29 is 18.7 Å². The Morgan fingerprint density at radius 2 is 2.14 bits per heavy atom. The molecule has 36 heavy (non-hydrogen) atoms. The van der Waals surface area contributed by atoms with Gasteiger partial charge < -0.3 is 24.7 Å². The number of fused-ring (bicyclic) bond motifs is 2. The van der Waals surface area contributed by atoms with Crippen LogP contribution >= 0.6 is 0 Å². The third kappa shape index (κ3) is 3.70. The highest BCUT2D eigenvalue weighted by Gasteiger charge is 2.33. The second-order valence-electron chi connectivity index (χ2n) is 9.27. The average molecular weight is 494 g/mol. The van der Waals surface area contributed by atoms with Crippen molar-refractivity contribution in [1.29, 1.82) is 0 Å². The molecule has 2 fully saturated rings. The van der Waals surface area contributed by atoms with Gasteiger partial charge in [0.05, 0.1) is 30.6 Å². The first-order valence-corrected chi connectivity index (χ1v) is 12.2. The van der Waals surface area contributed by atoms with E-state index in [-0.39, 0.29) is 18.1 Å². The van der Waals surface area contributed by atoms with Gasteiger partial charge in [0.1, 0.15) is 29.5 Å². The van der Waals surface area contributed by atoms with Crippen LogP contribution in [-0.4, -0.2) is 75.7 Å². The summed E-state index contributed by atoms with van der Waals surface area (Å²) in [5.41, 5.74) is 3.14. The smallest absolute Gasteiger partial charge is 0.257 e. The molecule has 3 aliphatic heterocycles. The van der Waals surface area contributed by atoms with Crippen LogP contribution in [0.2, 0.25) is 0 Å². The zero-order valence-electron chi connectivity index (χ0n) is 20.1. The van der Waals surface area contributed by atoms with Crippen LogP contribution in [0, 0.1) is 0 Å². The average Bonchev–Trinajstić information content (AvgIpc) is 3.54. The predicted molar refractivity (Wildman–Crippen MR) is 131 cm³/mol. The van der Waals surface area contributed by atoms with Crippen molar-refractivity contribution in [2.75, 3.05) is 32.7 Å². The monoisotopic (exact) mass is 493 g/mol. The number of halogens is 1. The van der Waals surface area contributed by atoms with E-state index in [1.54, 1.807) is 24.9 Å². The number of anilines is 1. The molecule has 6 rings (SSSR count). The third-order valence-electron chi connectivity index (χ3n) is 7.29. The van der Waals surface area contributed by atoms with E-state index in [2.05, 4.69) is 20.3 Å². The molecule has 2 aromatic rings. The first-order chi connectivity index (χ1) is 17.6. The second kappa shape index (κ2) is 9.14.